The minimum Gasteiger partial charge on any atom is -0.485 e. The maximum Gasteiger partial charge on any atom is 0.251 e. The summed E-state index contributed by atoms with van der Waals surface area (Å²) in [6.45, 7) is 9.62. The number of aliphatic hydroxyl groups is 1. The third-order valence-corrected chi connectivity index (χ3v) is 7.91. The van der Waals surface area contributed by atoms with Crippen molar-refractivity contribution < 1.29 is 19.4 Å². The highest BCUT2D eigenvalue weighted by Gasteiger charge is 2.44. The van der Waals surface area contributed by atoms with Crippen molar-refractivity contribution in [1.82, 2.24) is 15.5 Å². The van der Waals surface area contributed by atoms with Crippen LogP contribution < -0.4 is 15.4 Å². The molecule has 4 rings (SSSR count). The number of benzene rings is 2. The zero-order chi connectivity index (χ0) is 27.0. The summed E-state index contributed by atoms with van der Waals surface area (Å²) in [5.74, 6) is 0.319. The predicted molar refractivity (Wildman–Crippen MR) is 142 cm³/mol. The number of nitrogens with zero attached hydrogens (tertiary/aromatic N) is 1. The second-order valence-electron chi connectivity index (χ2n) is 10.6. The van der Waals surface area contributed by atoms with Gasteiger partial charge in [-0.05, 0) is 56.9 Å². The number of hydrogen-bond acceptors (Lipinski definition) is 5. The van der Waals surface area contributed by atoms with Gasteiger partial charge in [-0.3, -0.25) is 19.9 Å². The number of ether oxygens (including phenoxy) is 1. The number of para-hydroxylation sites is 1. The minimum atomic E-state index is -0.951. The molecule has 0 spiro atoms. The second kappa shape index (κ2) is 10.2. The molecule has 2 aliphatic rings. The van der Waals surface area contributed by atoms with Crippen molar-refractivity contribution in [3.8, 4) is 5.75 Å². The number of amides is 2. The van der Waals surface area contributed by atoms with Crippen LogP contribution in [-0.4, -0.2) is 45.0 Å². The van der Waals surface area contributed by atoms with Crippen LogP contribution in [0.4, 0.5) is 0 Å². The van der Waals surface area contributed by atoms with E-state index in [4.69, 9.17) is 10.1 Å². The predicted octanol–water partition coefficient (Wildman–Crippen LogP) is 4.46. The van der Waals surface area contributed by atoms with E-state index in [1.807, 2.05) is 51.1 Å². The average molecular weight is 507 g/mol. The summed E-state index contributed by atoms with van der Waals surface area (Å²) < 4.78 is 5.97. The standard InChI is InChI=1S/C29H38N4O4/c1-6-21(33-23(34)17-29(7-2,8-3)32-27(33)30)18-12-11-13-19(16-18)26(36)31-24-20-14-9-10-15-22(20)37-28(4,5)25(24)35/h9-16,21,24-25,35H,6-8,17H2,1-5H3,(H2,30,32)(H,31,36)/t21-,24+,25-/m0/s1. The van der Waals surface area contributed by atoms with E-state index in [1.165, 1.54) is 4.90 Å². The molecule has 3 atom stereocenters. The molecule has 37 heavy (non-hydrogen) atoms. The molecule has 0 bridgehead atoms. The number of carbonyl (C=O) groups is 2. The molecule has 198 valence electrons. The number of carbonyl (C=O) groups excluding carboxylic acids is 2. The van der Waals surface area contributed by atoms with Gasteiger partial charge in [0.25, 0.3) is 5.91 Å². The maximum absolute atomic E-state index is 13.4. The largest absolute Gasteiger partial charge is 0.485 e. The maximum atomic E-state index is 13.4. The summed E-state index contributed by atoms with van der Waals surface area (Å²) in [6.07, 6.45) is 1.49. The highest BCUT2D eigenvalue weighted by molar-refractivity contribution is 6.00. The van der Waals surface area contributed by atoms with Crippen molar-refractivity contribution >= 4 is 17.8 Å². The van der Waals surface area contributed by atoms with Crippen molar-refractivity contribution in [2.45, 2.75) is 89.6 Å². The first-order chi connectivity index (χ1) is 17.6. The summed E-state index contributed by atoms with van der Waals surface area (Å²) in [6, 6.07) is 13.5. The van der Waals surface area contributed by atoms with Crippen LogP contribution in [0.2, 0.25) is 0 Å². The summed E-state index contributed by atoms with van der Waals surface area (Å²) in [5.41, 5.74) is 0.655. The Morgan fingerprint density at radius 1 is 1.19 bits per heavy atom. The molecule has 2 aromatic rings. The topological polar surface area (TPSA) is 115 Å². The first-order valence-electron chi connectivity index (χ1n) is 13.1. The Morgan fingerprint density at radius 2 is 1.89 bits per heavy atom. The lowest BCUT2D eigenvalue weighted by atomic mass is 9.86. The molecule has 8 heteroatoms. The molecule has 0 saturated carbocycles. The van der Waals surface area contributed by atoms with Crippen LogP contribution in [0.3, 0.4) is 0 Å². The fraction of sp³-hybridized carbons (Fsp3) is 0.483. The summed E-state index contributed by atoms with van der Waals surface area (Å²) in [5, 5.41) is 25.9. The van der Waals surface area contributed by atoms with Gasteiger partial charge in [0.1, 0.15) is 17.5 Å². The first kappa shape index (κ1) is 26.7. The van der Waals surface area contributed by atoms with Gasteiger partial charge in [0.2, 0.25) is 5.91 Å². The molecule has 0 aliphatic carbocycles. The third-order valence-electron chi connectivity index (χ3n) is 7.91. The van der Waals surface area contributed by atoms with E-state index >= 15 is 0 Å². The Balaban J connectivity index is 1.59. The lowest BCUT2D eigenvalue weighted by molar-refractivity contribution is -0.132. The van der Waals surface area contributed by atoms with Crippen LogP contribution in [0.1, 0.15) is 93.9 Å². The molecule has 2 aromatic carbocycles. The highest BCUT2D eigenvalue weighted by Crippen LogP contribution is 2.40. The summed E-state index contributed by atoms with van der Waals surface area (Å²) >= 11 is 0. The van der Waals surface area contributed by atoms with E-state index < -0.39 is 17.7 Å². The number of rotatable bonds is 7. The van der Waals surface area contributed by atoms with Gasteiger partial charge in [0, 0.05) is 16.7 Å². The molecule has 0 radical (unpaired) electrons. The van der Waals surface area contributed by atoms with E-state index in [0.717, 1.165) is 24.0 Å². The van der Waals surface area contributed by atoms with Gasteiger partial charge in [-0.15, -0.1) is 0 Å². The summed E-state index contributed by atoms with van der Waals surface area (Å²) in [7, 11) is 0. The molecule has 8 nitrogen and oxygen atoms in total. The number of nitrogens with one attached hydrogen (secondary N) is 3. The Labute approximate surface area is 218 Å². The fourth-order valence-electron chi connectivity index (χ4n) is 5.44. The lowest BCUT2D eigenvalue weighted by Gasteiger charge is -2.44. The fourth-order valence-corrected chi connectivity index (χ4v) is 5.44. The molecule has 0 aromatic heterocycles. The van der Waals surface area contributed by atoms with Crippen LogP contribution in [-0.2, 0) is 4.79 Å². The van der Waals surface area contributed by atoms with E-state index in [9.17, 15) is 14.7 Å². The molecular formula is C29H38N4O4. The van der Waals surface area contributed by atoms with Crippen LogP contribution in [0.25, 0.3) is 0 Å². The van der Waals surface area contributed by atoms with E-state index in [-0.39, 0.29) is 29.4 Å². The molecule has 1 saturated heterocycles. The van der Waals surface area contributed by atoms with Crippen molar-refractivity contribution in [3.05, 3.63) is 65.2 Å². The SMILES string of the molecule is CC[C@@H](c1cccc(C(=O)N[C@@H]2c3ccccc3OC(C)(C)[C@H]2O)c1)N1C(=N)NC(CC)(CC)CC1=O. The number of fused-ring (bicyclic) bond motifs is 1. The monoisotopic (exact) mass is 506 g/mol. The zero-order valence-corrected chi connectivity index (χ0v) is 22.3. The van der Waals surface area contributed by atoms with Crippen molar-refractivity contribution in [2.75, 3.05) is 0 Å². The van der Waals surface area contributed by atoms with Gasteiger partial charge in [0.15, 0.2) is 5.96 Å². The van der Waals surface area contributed by atoms with E-state index in [2.05, 4.69) is 10.6 Å². The Bertz CT molecular complexity index is 1170. The second-order valence-corrected chi connectivity index (χ2v) is 10.6. The molecule has 2 heterocycles. The lowest BCUT2D eigenvalue weighted by Crippen LogP contribution is -2.62. The highest BCUT2D eigenvalue weighted by atomic mass is 16.5. The van der Waals surface area contributed by atoms with Crippen LogP contribution in [0.15, 0.2) is 48.5 Å². The summed E-state index contributed by atoms with van der Waals surface area (Å²) in [4.78, 5) is 28.2. The van der Waals surface area contributed by atoms with Gasteiger partial charge in [-0.2, -0.15) is 0 Å². The van der Waals surface area contributed by atoms with Crippen LogP contribution >= 0.6 is 0 Å². The minimum absolute atomic E-state index is 0.0849. The smallest absolute Gasteiger partial charge is 0.251 e. The van der Waals surface area contributed by atoms with Crippen LogP contribution in [0.5, 0.6) is 5.75 Å². The van der Waals surface area contributed by atoms with Gasteiger partial charge in [0.05, 0.1) is 18.5 Å². The third kappa shape index (κ3) is 4.94. The van der Waals surface area contributed by atoms with Gasteiger partial charge in [-0.25, -0.2) is 0 Å². The van der Waals surface area contributed by atoms with Crippen LogP contribution in [0, 0.1) is 5.41 Å². The van der Waals surface area contributed by atoms with Gasteiger partial charge >= 0.3 is 0 Å². The molecular weight excluding hydrogens is 468 g/mol. The molecule has 0 unspecified atom stereocenters. The van der Waals surface area contributed by atoms with Crippen molar-refractivity contribution in [3.63, 3.8) is 0 Å². The number of aliphatic hydroxyl groups excluding tert-OH is 1. The van der Waals surface area contributed by atoms with Crippen molar-refractivity contribution in [2.24, 2.45) is 0 Å². The average Bonchev–Trinajstić information content (AvgIpc) is 2.88. The van der Waals surface area contributed by atoms with Crippen molar-refractivity contribution in [1.29, 1.82) is 5.41 Å². The zero-order valence-electron chi connectivity index (χ0n) is 22.3. The number of guanidine groups is 1. The molecule has 2 aliphatic heterocycles. The van der Waals surface area contributed by atoms with Gasteiger partial charge < -0.3 is 20.5 Å². The Morgan fingerprint density at radius 3 is 2.54 bits per heavy atom. The molecule has 1 fully saturated rings. The molecule has 2 amide bonds. The first-order valence-corrected chi connectivity index (χ1v) is 13.1. The van der Waals surface area contributed by atoms with E-state index in [1.54, 1.807) is 32.0 Å². The van der Waals surface area contributed by atoms with E-state index in [0.29, 0.717) is 24.2 Å². The van der Waals surface area contributed by atoms with Gasteiger partial charge in [-0.1, -0.05) is 51.1 Å². The Hall–Kier alpha value is -3.39. The quantitative estimate of drug-likeness (QED) is 0.443. The normalized spacial score (nSPS) is 22.9. The Kier molecular flexibility index (Phi) is 7.33. The number of hydrogen-bond donors (Lipinski definition) is 4. The molecule has 4 N–H and O–H groups in total.